The molecule has 1 aliphatic heterocycles. The minimum Gasteiger partial charge on any atom is -0.348 e. The van der Waals surface area contributed by atoms with E-state index < -0.39 is 0 Å². The summed E-state index contributed by atoms with van der Waals surface area (Å²) in [6.07, 6.45) is 1.24. The zero-order valence-corrected chi connectivity index (χ0v) is 12.7. The van der Waals surface area contributed by atoms with Gasteiger partial charge in [-0.1, -0.05) is 30.3 Å². The fourth-order valence-corrected chi connectivity index (χ4v) is 2.61. The van der Waals surface area contributed by atoms with Crippen molar-refractivity contribution in [1.29, 1.82) is 0 Å². The van der Waals surface area contributed by atoms with E-state index >= 15 is 0 Å². The van der Waals surface area contributed by atoms with E-state index in [2.05, 4.69) is 25.8 Å². The molecule has 1 aromatic carbocycles. The van der Waals surface area contributed by atoms with E-state index in [-0.39, 0.29) is 18.0 Å². The molecule has 0 saturated carbocycles. The number of amides is 1. The normalized spacial score (nSPS) is 21.3. The number of aryl methyl sites for hydroxylation is 2. The van der Waals surface area contributed by atoms with Gasteiger partial charge in [0.15, 0.2) is 0 Å². The molecule has 0 radical (unpaired) electrons. The topological polar surface area (TPSA) is 79.8 Å². The van der Waals surface area contributed by atoms with Crippen molar-refractivity contribution in [3.8, 4) is 0 Å². The summed E-state index contributed by atoms with van der Waals surface area (Å²) in [5, 5.41) is 14.6. The predicted molar refractivity (Wildman–Crippen MR) is 83.3 cm³/mol. The number of piperidine rings is 1. The largest absolute Gasteiger partial charge is 0.348 e. The lowest BCUT2D eigenvalue weighted by molar-refractivity contribution is -0.123. The number of rotatable bonds is 3. The molecule has 0 aliphatic carbocycles. The smallest absolute Gasteiger partial charge is 0.243 e. The van der Waals surface area contributed by atoms with Gasteiger partial charge in [0, 0.05) is 6.42 Å². The van der Waals surface area contributed by atoms with Crippen LogP contribution in [0, 0.1) is 13.8 Å². The van der Waals surface area contributed by atoms with Gasteiger partial charge in [0.25, 0.3) is 0 Å². The first kappa shape index (κ1) is 14.4. The summed E-state index contributed by atoms with van der Waals surface area (Å²) in [7, 11) is 0. The summed E-state index contributed by atoms with van der Waals surface area (Å²) in [5.74, 6) is 0.580. The van der Waals surface area contributed by atoms with Crippen LogP contribution in [0.25, 0.3) is 0 Å². The van der Waals surface area contributed by atoms with Gasteiger partial charge in [-0.3, -0.25) is 4.79 Å². The van der Waals surface area contributed by atoms with E-state index in [9.17, 15) is 4.79 Å². The molecule has 0 unspecified atom stereocenters. The minimum absolute atomic E-state index is 0.0454. The van der Waals surface area contributed by atoms with E-state index in [4.69, 9.17) is 0 Å². The highest BCUT2D eigenvalue weighted by Gasteiger charge is 2.30. The molecule has 1 fully saturated rings. The molecular formula is C16H19N5O. The quantitative estimate of drug-likeness (QED) is 0.904. The molecule has 1 aromatic heterocycles. The molecule has 6 heteroatoms. The summed E-state index contributed by atoms with van der Waals surface area (Å²) in [4.78, 5) is 16.2. The Labute approximate surface area is 129 Å². The highest BCUT2D eigenvalue weighted by Crippen LogP contribution is 2.26. The van der Waals surface area contributed by atoms with E-state index in [0.29, 0.717) is 12.4 Å². The lowest BCUT2D eigenvalue weighted by atomic mass is 9.92. The standard InChI is InChI=1S/C16H19N5O/c1-10-11(2)20-21-16(17-10)18-13-8-9-14(22)19-15(13)12-6-4-3-5-7-12/h3-7,13,15H,8-9H2,1-2H3,(H,19,22)(H,17,18,21)/t13-,15+/m1/s1. The van der Waals surface area contributed by atoms with Gasteiger partial charge < -0.3 is 10.6 Å². The first-order valence-corrected chi connectivity index (χ1v) is 7.42. The van der Waals surface area contributed by atoms with Crippen LogP contribution in [0.4, 0.5) is 5.95 Å². The second-order valence-electron chi connectivity index (χ2n) is 5.55. The van der Waals surface area contributed by atoms with Gasteiger partial charge in [-0.25, -0.2) is 4.98 Å². The van der Waals surface area contributed by atoms with Crippen LogP contribution in [0.2, 0.25) is 0 Å². The molecule has 0 bridgehead atoms. The SMILES string of the molecule is Cc1nnc(N[C@@H]2CCC(=O)N[C@H]2c2ccccc2)nc1C. The summed E-state index contributed by atoms with van der Waals surface area (Å²) in [6, 6.07) is 9.90. The number of carbonyl (C=O) groups excluding carboxylic acids is 1. The number of carbonyl (C=O) groups is 1. The predicted octanol–water partition coefficient (Wildman–Crippen LogP) is 1.92. The Morgan fingerprint density at radius 1 is 1.14 bits per heavy atom. The monoisotopic (exact) mass is 297 g/mol. The van der Waals surface area contributed by atoms with E-state index in [1.807, 2.05) is 44.2 Å². The molecule has 6 nitrogen and oxygen atoms in total. The molecule has 1 aliphatic rings. The van der Waals surface area contributed by atoms with Gasteiger partial charge in [-0.2, -0.15) is 5.10 Å². The van der Waals surface area contributed by atoms with Crippen LogP contribution in [0.1, 0.15) is 35.8 Å². The van der Waals surface area contributed by atoms with Crippen molar-refractivity contribution < 1.29 is 4.79 Å². The first-order valence-electron chi connectivity index (χ1n) is 7.42. The average molecular weight is 297 g/mol. The Bertz CT molecular complexity index is 673. The lowest BCUT2D eigenvalue weighted by Crippen LogP contribution is -2.45. The van der Waals surface area contributed by atoms with E-state index in [0.717, 1.165) is 23.4 Å². The van der Waals surface area contributed by atoms with Crippen LogP contribution in [-0.2, 0) is 4.79 Å². The molecule has 114 valence electrons. The number of hydrogen-bond donors (Lipinski definition) is 2. The van der Waals surface area contributed by atoms with Crippen molar-refractivity contribution in [2.75, 3.05) is 5.32 Å². The lowest BCUT2D eigenvalue weighted by Gasteiger charge is -2.33. The van der Waals surface area contributed by atoms with Crippen LogP contribution in [-0.4, -0.2) is 27.1 Å². The van der Waals surface area contributed by atoms with Crippen molar-refractivity contribution in [2.45, 2.75) is 38.8 Å². The molecule has 2 N–H and O–H groups in total. The molecule has 2 aromatic rings. The molecule has 0 spiro atoms. The van der Waals surface area contributed by atoms with Gasteiger partial charge in [-0.15, -0.1) is 5.10 Å². The number of nitrogens with one attached hydrogen (secondary N) is 2. The maximum absolute atomic E-state index is 11.8. The Morgan fingerprint density at radius 2 is 1.91 bits per heavy atom. The third-order valence-electron chi connectivity index (χ3n) is 3.97. The van der Waals surface area contributed by atoms with Crippen molar-refractivity contribution >= 4 is 11.9 Å². The third kappa shape index (κ3) is 3.05. The fraction of sp³-hybridized carbons (Fsp3) is 0.375. The van der Waals surface area contributed by atoms with E-state index in [1.165, 1.54) is 0 Å². The van der Waals surface area contributed by atoms with Gasteiger partial charge in [0.1, 0.15) is 0 Å². The second kappa shape index (κ2) is 6.09. The third-order valence-corrected chi connectivity index (χ3v) is 3.97. The maximum Gasteiger partial charge on any atom is 0.243 e. The molecule has 1 amide bonds. The van der Waals surface area contributed by atoms with Crippen molar-refractivity contribution in [2.24, 2.45) is 0 Å². The summed E-state index contributed by atoms with van der Waals surface area (Å²) in [5.41, 5.74) is 2.75. The second-order valence-corrected chi connectivity index (χ2v) is 5.55. The highest BCUT2D eigenvalue weighted by molar-refractivity contribution is 5.77. The Hall–Kier alpha value is -2.50. The highest BCUT2D eigenvalue weighted by atomic mass is 16.1. The number of benzene rings is 1. The number of hydrogen-bond acceptors (Lipinski definition) is 5. The van der Waals surface area contributed by atoms with Crippen LogP contribution < -0.4 is 10.6 Å². The van der Waals surface area contributed by atoms with Crippen LogP contribution in [0.5, 0.6) is 0 Å². The Balaban J connectivity index is 1.83. The average Bonchev–Trinajstić information content (AvgIpc) is 2.53. The Kier molecular flexibility index (Phi) is 4.00. The zero-order chi connectivity index (χ0) is 15.5. The fourth-order valence-electron chi connectivity index (χ4n) is 2.61. The molecule has 2 atom stereocenters. The minimum atomic E-state index is -0.0901. The van der Waals surface area contributed by atoms with Crippen molar-refractivity contribution in [3.63, 3.8) is 0 Å². The van der Waals surface area contributed by atoms with Gasteiger partial charge in [-0.05, 0) is 25.8 Å². The van der Waals surface area contributed by atoms with E-state index in [1.54, 1.807) is 0 Å². The molecule has 1 saturated heterocycles. The zero-order valence-electron chi connectivity index (χ0n) is 12.7. The van der Waals surface area contributed by atoms with Gasteiger partial charge in [0.05, 0.1) is 23.5 Å². The summed E-state index contributed by atoms with van der Waals surface area (Å²) >= 11 is 0. The Morgan fingerprint density at radius 3 is 2.64 bits per heavy atom. The number of aromatic nitrogens is 3. The van der Waals surface area contributed by atoms with Gasteiger partial charge in [0.2, 0.25) is 11.9 Å². The molecule has 2 heterocycles. The van der Waals surface area contributed by atoms with Crippen LogP contribution >= 0.6 is 0 Å². The van der Waals surface area contributed by atoms with Gasteiger partial charge >= 0.3 is 0 Å². The number of nitrogens with zero attached hydrogens (tertiary/aromatic N) is 3. The molecule has 22 heavy (non-hydrogen) atoms. The van der Waals surface area contributed by atoms with Crippen LogP contribution in [0.3, 0.4) is 0 Å². The summed E-state index contributed by atoms with van der Waals surface area (Å²) < 4.78 is 0. The van der Waals surface area contributed by atoms with Crippen molar-refractivity contribution in [1.82, 2.24) is 20.5 Å². The molecule has 3 rings (SSSR count). The maximum atomic E-state index is 11.8. The first-order chi connectivity index (χ1) is 10.6. The number of anilines is 1. The summed E-state index contributed by atoms with van der Waals surface area (Å²) in [6.45, 7) is 3.79. The van der Waals surface area contributed by atoms with Crippen molar-refractivity contribution in [3.05, 3.63) is 47.3 Å². The van der Waals surface area contributed by atoms with Crippen LogP contribution in [0.15, 0.2) is 30.3 Å². The molecular weight excluding hydrogens is 278 g/mol.